The Hall–Kier alpha value is 0.0300. The van der Waals surface area contributed by atoms with E-state index in [9.17, 15) is 4.57 Å². The van der Waals surface area contributed by atoms with Gasteiger partial charge in [-0.1, -0.05) is 9.35 Å². The van der Waals surface area contributed by atoms with E-state index in [1.54, 1.807) is 0 Å². The van der Waals surface area contributed by atoms with Gasteiger partial charge >= 0.3 is 7.82 Å². The molecule has 0 unspecified atom stereocenters. The van der Waals surface area contributed by atoms with Gasteiger partial charge in [-0.15, -0.1) is 4.67 Å². The second-order valence-corrected chi connectivity index (χ2v) is 2.10. The van der Waals surface area contributed by atoms with Crippen molar-refractivity contribution in [3.8, 4) is 0 Å². The van der Waals surface area contributed by atoms with Gasteiger partial charge < -0.3 is 0 Å². The lowest BCUT2D eigenvalue weighted by molar-refractivity contribution is -0.510. The molecule has 0 aromatic heterocycles. The second-order valence-electron chi connectivity index (χ2n) is 0.746. The molecule has 0 aromatic carbocycles. The van der Waals surface area contributed by atoms with Crippen molar-refractivity contribution in [2.45, 2.75) is 0 Å². The predicted octanol–water partition coefficient (Wildman–Crippen LogP) is 0.477. The smallest absolute Gasteiger partial charge is 0.241 e. The summed E-state index contributed by atoms with van der Waals surface area (Å²) >= 11 is 0. The molecule has 7 heteroatoms. The van der Waals surface area contributed by atoms with Crippen LogP contribution in [0.5, 0.6) is 0 Å². The minimum absolute atomic E-state index is 3.16. The summed E-state index contributed by atoms with van der Waals surface area (Å²) in [7, 11) is -3.64. The summed E-state index contributed by atoms with van der Waals surface area (Å²) in [5, 5.41) is 11.0. The lowest BCUT2D eigenvalue weighted by atomic mass is 14.5. The van der Waals surface area contributed by atoms with E-state index in [0.717, 1.165) is 0 Å². The molecular formula is HO6P. The van der Waals surface area contributed by atoms with Crippen LogP contribution in [-0.4, -0.2) is 5.26 Å². The standard InChI is InChI=1S/HO6P/c1-3-7(2)5-4-6-7/h1H. The van der Waals surface area contributed by atoms with E-state index in [0.29, 0.717) is 0 Å². The number of hydrogen-bond acceptors (Lipinski definition) is 6. The first-order chi connectivity index (χ1) is 3.27. The fourth-order valence-electron chi connectivity index (χ4n) is 0.107. The molecule has 0 radical (unpaired) electrons. The van der Waals surface area contributed by atoms with Crippen LogP contribution in [-0.2, 0) is 23.6 Å². The molecule has 1 saturated heterocycles. The zero-order valence-electron chi connectivity index (χ0n) is 2.94. The zero-order chi connectivity index (χ0) is 5.33. The molecule has 0 bridgehead atoms. The zero-order valence-corrected chi connectivity index (χ0v) is 3.83. The minimum atomic E-state index is -3.64. The molecule has 1 aliphatic heterocycles. The summed E-state index contributed by atoms with van der Waals surface area (Å²) in [4.78, 5) is 0. The summed E-state index contributed by atoms with van der Waals surface area (Å²) < 4.78 is 20.4. The molecule has 0 spiro atoms. The highest BCUT2D eigenvalue weighted by molar-refractivity contribution is 7.48. The fourth-order valence-corrected chi connectivity index (χ4v) is 0.322. The molecule has 1 rings (SSSR count). The first-order valence-corrected chi connectivity index (χ1v) is 2.71. The van der Waals surface area contributed by atoms with Crippen molar-refractivity contribution >= 4 is 7.82 Å². The third-order valence-corrected chi connectivity index (χ3v) is 1.03. The molecule has 7 heavy (non-hydrogen) atoms. The average Bonchev–Trinajstić information content (AvgIpc) is 1.61. The Labute approximate surface area is 38.0 Å². The van der Waals surface area contributed by atoms with Gasteiger partial charge in [0, 0.05) is 0 Å². The maximum atomic E-state index is 10.00. The van der Waals surface area contributed by atoms with E-state index in [4.69, 9.17) is 5.26 Å². The molecule has 1 aliphatic rings. The first-order valence-electron chi connectivity index (χ1n) is 1.25. The SMILES string of the molecule is O=P1(OO)OOO1. The van der Waals surface area contributed by atoms with Gasteiger partial charge in [-0.05, 0) is 5.04 Å². The van der Waals surface area contributed by atoms with Crippen molar-refractivity contribution in [3.05, 3.63) is 0 Å². The second kappa shape index (κ2) is 1.52. The van der Waals surface area contributed by atoms with E-state index >= 15 is 0 Å². The Kier molecular flexibility index (Phi) is 1.12. The van der Waals surface area contributed by atoms with Crippen molar-refractivity contribution in [1.29, 1.82) is 0 Å². The molecule has 0 atom stereocenters. The van der Waals surface area contributed by atoms with Crippen LogP contribution < -0.4 is 0 Å². The van der Waals surface area contributed by atoms with E-state index in [-0.39, 0.29) is 0 Å². The largest absolute Gasteiger partial charge is 0.561 e. The maximum Gasteiger partial charge on any atom is 0.561 e. The summed E-state index contributed by atoms with van der Waals surface area (Å²) in [6, 6.07) is 0. The van der Waals surface area contributed by atoms with Crippen LogP contribution in [0.1, 0.15) is 0 Å². The van der Waals surface area contributed by atoms with Gasteiger partial charge in [-0.2, -0.15) is 0 Å². The lowest BCUT2D eigenvalue weighted by Crippen LogP contribution is -2.07. The van der Waals surface area contributed by atoms with Crippen LogP contribution in [0.15, 0.2) is 0 Å². The van der Waals surface area contributed by atoms with E-state index in [1.165, 1.54) is 0 Å². The minimum Gasteiger partial charge on any atom is -0.241 e. The van der Waals surface area contributed by atoms with Crippen LogP contribution in [0.4, 0.5) is 0 Å². The highest BCUT2D eigenvalue weighted by atomic mass is 31.2. The van der Waals surface area contributed by atoms with Gasteiger partial charge in [0.2, 0.25) is 0 Å². The molecule has 1 fully saturated rings. The summed E-state index contributed by atoms with van der Waals surface area (Å²) in [6.07, 6.45) is 0. The third kappa shape index (κ3) is 0.805. The van der Waals surface area contributed by atoms with Crippen LogP contribution >= 0.6 is 7.82 Å². The topological polar surface area (TPSA) is 74.2 Å². The summed E-state index contributed by atoms with van der Waals surface area (Å²) in [5.41, 5.74) is 0. The fraction of sp³-hybridized carbons (Fsp3) is 0. The highest BCUT2D eigenvalue weighted by Gasteiger charge is 2.41. The molecule has 1 heterocycles. The van der Waals surface area contributed by atoms with Gasteiger partial charge in [0.05, 0.1) is 0 Å². The van der Waals surface area contributed by atoms with Gasteiger partial charge in [0.15, 0.2) is 0 Å². The Balaban J connectivity index is 2.45. The van der Waals surface area contributed by atoms with Gasteiger partial charge in [-0.25, -0.2) is 9.82 Å². The number of phosphoric acid groups is 1. The summed E-state index contributed by atoms with van der Waals surface area (Å²) in [6.45, 7) is 0. The van der Waals surface area contributed by atoms with Crippen molar-refractivity contribution in [2.24, 2.45) is 0 Å². The normalized spacial score (nSPS) is 26.4. The van der Waals surface area contributed by atoms with Crippen molar-refractivity contribution < 1.29 is 28.9 Å². The van der Waals surface area contributed by atoms with Gasteiger partial charge in [0.1, 0.15) is 0 Å². The van der Waals surface area contributed by atoms with Gasteiger partial charge in [-0.3, -0.25) is 0 Å². The highest BCUT2D eigenvalue weighted by Crippen LogP contribution is 2.56. The van der Waals surface area contributed by atoms with Crippen molar-refractivity contribution in [2.75, 3.05) is 0 Å². The molecule has 0 saturated carbocycles. The lowest BCUT2D eigenvalue weighted by Gasteiger charge is -2.15. The Morgan fingerprint density at radius 1 is 1.57 bits per heavy atom. The Morgan fingerprint density at radius 3 is 2.14 bits per heavy atom. The van der Waals surface area contributed by atoms with Crippen LogP contribution in [0.2, 0.25) is 0 Å². The van der Waals surface area contributed by atoms with Gasteiger partial charge in [0.25, 0.3) is 0 Å². The molecule has 0 aromatic rings. The third-order valence-electron chi connectivity index (χ3n) is 0.343. The van der Waals surface area contributed by atoms with Crippen molar-refractivity contribution in [3.63, 3.8) is 0 Å². The molecule has 1 N–H and O–H groups in total. The molecule has 42 valence electrons. The number of hydrogen-bond donors (Lipinski definition) is 1. The average molecular weight is 128 g/mol. The number of rotatable bonds is 1. The molecular weight excluding hydrogens is 127 g/mol. The van der Waals surface area contributed by atoms with E-state index < -0.39 is 7.82 Å². The van der Waals surface area contributed by atoms with Crippen molar-refractivity contribution in [1.82, 2.24) is 0 Å². The van der Waals surface area contributed by atoms with E-state index in [2.05, 4.69) is 19.1 Å². The Morgan fingerprint density at radius 2 is 2.14 bits per heavy atom. The molecule has 6 nitrogen and oxygen atoms in total. The molecule has 0 aliphatic carbocycles. The maximum absolute atomic E-state index is 10.00. The van der Waals surface area contributed by atoms with Crippen LogP contribution in [0.3, 0.4) is 0 Å². The predicted molar refractivity (Wildman–Crippen MR) is 14.6 cm³/mol. The van der Waals surface area contributed by atoms with Crippen LogP contribution in [0.25, 0.3) is 0 Å². The van der Waals surface area contributed by atoms with Crippen LogP contribution in [0, 0.1) is 0 Å². The first kappa shape index (κ1) is 5.17. The quantitative estimate of drug-likeness (QED) is 0.314. The van der Waals surface area contributed by atoms with E-state index in [1.807, 2.05) is 0 Å². The molecule has 0 amide bonds. The monoisotopic (exact) mass is 128 g/mol. The summed E-state index contributed by atoms with van der Waals surface area (Å²) in [5.74, 6) is 0. The Bertz CT molecular complexity index is 88.5.